The quantitative estimate of drug-likeness (QED) is 0.232. The van der Waals surface area contributed by atoms with Gasteiger partial charge >= 0.3 is 12.1 Å². The molecule has 0 unspecified atom stereocenters. The van der Waals surface area contributed by atoms with Gasteiger partial charge in [0.15, 0.2) is 0 Å². The molecule has 3 nitrogen and oxygen atoms in total. The first kappa shape index (κ1) is 26.5. The normalized spacial score (nSPS) is 13.5. The van der Waals surface area contributed by atoms with Crippen LogP contribution in [0.2, 0.25) is 0 Å². The molecule has 0 aliphatic heterocycles. The molecule has 1 aromatic rings. The third kappa shape index (κ3) is 8.27. The predicted octanol–water partition coefficient (Wildman–Crippen LogP) is 7.65. The molecule has 1 rings (SSSR count). The van der Waals surface area contributed by atoms with Crippen LogP contribution in [0.3, 0.4) is 0 Å². The fourth-order valence-corrected chi connectivity index (χ4v) is 2.95. The van der Waals surface area contributed by atoms with Crippen molar-refractivity contribution in [1.29, 1.82) is 0 Å². The van der Waals surface area contributed by atoms with Crippen LogP contribution >= 0.6 is 0 Å². The summed E-state index contributed by atoms with van der Waals surface area (Å²) in [6, 6.07) is 4.16. The molecular formula is C25H33F3O3. The minimum Gasteiger partial charge on any atom is -0.493 e. The van der Waals surface area contributed by atoms with Gasteiger partial charge in [0.1, 0.15) is 5.75 Å². The van der Waals surface area contributed by atoms with Crippen molar-refractivity contribution >= 4 is 11.5 Å². The maximum Gasteiger partial charge on any atom is 0.416 e. The number of aliphatic carboxylic acids is 1. The average molecular weight is 439 g/mol. The summed E-state index contributed by atoms with van der Waals surface area (Å²) in [4.78, 5) is 10.7. The van der Waals surface area contributed by atoms with Crippen LogP contribution < -0.4 is 4.74 Å². The number of ether oxygens (including phenoxy) is 1. The van der Waals surface area contributed by atoms with Crippen LogP contribution in [-0.4, -0.2) is 23.9 Å². The van der Waals surface area contributed by atoms with Crippen LogP contribution in [0, 0.1) is 0 Å². The van der Waals surface area contributed by atoms with Gasteiger partial charge in [0.05, 0.1) is 12.2 Å². The number of allylic oxidation sites excluding steroid dienone is 5. The molecule has 0 bridgehead atoms. The van der Waals surface area contributed by atoms with Crippen LogP contribution in [0.15, 0.2) is 42.0 Å². The van der Waals surface area contributed by atoms with E-state index < -0.39 is 17.7 Å². The largest absolute Gasteiger partial charge is 0.493 e. The Morgan fingerprint density at radius 3 is 2.29 bits per heavy atom. The standard InChI is InChI=1S/C25H33F3O3/c1-7-8-12-31-24-21(17(4)5)13-19(16(2)3)14-22(24)18(6)10-9-11-20(15-23(29)30)25(26,27)28/h9-11,13-17H,7-8,12H2,1-6H3,(H,29,30). The second kappa shape index (κ2) is 11.8. The number of carbonyl (C=O) groups is 1. The second-order valence-electron chi connectivity index (χ2n) is 8.14. The molecule has 0 aliphatic carbocycles. The van der Waals surface area contributed by atoms with Crippen LogP contribution in [0.25, 0.3) is 5.57 Å². The van der Waals surface area contributed by atoms with Crippen LogP contribution in [-0.2, 0) is 4.79 Å². The third-order valence-corrected chi connectivity index (χ3v) is 4.83. The lowest BCUT2D eigenvalue weighted by Crippen LogP contribution is -2.11. The molecule has 0 heterocycles. The lowest BCUT2D eigenvalue weighted by Gasteiger charge is -2.21. The van der Waals surface area contributed by atoms with Gasteiger partial charge in [-0.25, -0.2) is 4.79 Å². The van der Waals surface area contributed by atoms with E-state index in [0.717, 1.165) is 46.9 Å². The highest BCUT2D eigenvalue weighted by Gasteiger charge is 2.32. The van der Waals surface area contributed by atoms with Gasteiger partial charge < -0.3 is 9.84 Å². The molecule has 0 aromatic heterocycles. The smallest absolute Gasteiger partial charge is 0.416 e. The van der Waals surface area contributed by atoms with Crippen molar-refractivity contribution in [1.82, 2.24) is 0 Å². The first-order chi connectivity index (χ1) is 14.4. The van der Waals surface area contributed by atoms with Crippen molar-refractivity contribution < 1.29 is 27.8 Å². The molecule has 31 heavy (non-hydrogen) atoms. The van der Waals surface area contributed by atoms with E-state index in [9.17, 15) is 18.0 Å². The van der Waals surface area contributed by atoms with Crippen molar-refractivity contribution in [3.05, 3.63) is 58.7 Å². The summed E-state index contributed by atoms with van der Waals surface area (Å²) < 4.78 is 45.2. The van der Waals surface area contributed by atoms with Gasteiger partial charge in [-0.15, -0.1) is 0 Å². The zero-order chi connectivity index (χ0) is 23.8. The van der Waals surface area contributed by atoms with Crippen LogP contribution in [0.4, 0.5) is 13.2 Å². The molecule has 0 radical (unpaired) electrons. The lowest BCUT2D eigenvalue weighted by atomic mass is 9.89. The molecule has 6 heteroatoms. The molecule has 1 aromatic carbocycles. The molecule has 0 aliphatic rings. The third-order valence-electron chi connectivity index (χ3n) is 4.83. The molecule has 0 fully saturated rings. The second-order valence-corrected chi connectivity index (χ2v) is 8.14. The van der Waals surface area contributed by atoms with Gasteiger partial charge in [-0.3, -0.25) is 0 Å². The number of hydrogen-bond donors (Lipinski definition) is 1. The molecule has 1 N–H and O–H groups in total. The van der Waals surface area contributed by atoms with Crippen LogP contribution in [0.1, 0.15) is 82.9 Å². The monoisotopic (exact) mass is 438 g/mol. The fourth-order valence-electron chi connectivity index (χ4n) is 2.95. The van der Waals surface area contributed by atoms with E-state index in [0.29, 0.717) is 6.61 Å². The average Bonchev–Trinajstić information content (AvgIpc) is 2.65. The maximum absolute atomic E-state index is 13.0. The van der Waals surface area contributed by atoms with Crippen molar-refractivity contribution in [2.24, 2.45) is 0 Å². The van der Waals surface area contributed by atoms with E-state index in [1.54, 1.807) is 6.08 Å². The fraction of sp³-hybridized carbons (Fsp3) is 0.480. The number of benzene rings is 1. The zero-order valence-corrected chi connectivity index (χ0v) is 19.1. The minimum atomic E-state index is -4.74. The summed E-state index contributed by atoms with van der Waals surface area (Å²) in [6.07, 6.45) is 0.861. The Morgan fingerprint density at radius 2 is 1.81 bits per heavy atom. The first-order valence-electron chi connectivity index (χ1n) is 10.6. The van der Waals surface area contributed by atoms with Crippen molar-refractivity contribution in [3.8, 4) is 5.75 Å². The van der Waals surface area contributed by atoms with Crippen LogP contribution in [0.5, 0.6) is 5.75 Å². The molecule has 0 amide bonds. The van der Waals surface area contributed by atoms with E-state index >= 15 is 0 Å². The summed E-state index contributed by atoms with van der Waals surface area (Å²) in [5.41, 5.74) is 2.55. The molecule has 0 spiro atoms. The number of carboxylic acids is 1. The van der Waals surface area contributed by atoms with E-state index in [4.69, 9.17) is 9.84 Å². The van der Waals surface area contributed by atoms with Gasteiger partial charge in [0.2, 0.25) is 0 Å². The Hall–Kier alpha value is -2.50. The highest BCUT2D eigenvalue weighted by Crippen LogP contribution is 2.38. The van der Waals surface area contributed by atoms with Gasteiger partial charge in [-0.05, 0) is 54.0 Å². The molecule has 0 saturated heterocycles. The van der Waals surface area contributed by atoms with E-state index in [1.165, 1.54) is 6.08 Å². The van der Waals surface area contributed by atoms with Crippen molar-refractivity contribution in [2.75, 3.05) is 6.61 Å². The highest BCUT2D eigenvalue weighted by atomic mass is 19.4. The van der Waals surface area contributed by atoms with E-state index in [1.807, 2.05) is 13.0 Å². The number of carboxylic acid groups (broad SMARTS) is 1. The number of alkyl halides is 3. The molecule has 0 saturated carbocycles. The Balaban J connectivity index is 3.49. The Kier molecular flexibility index (Phi) is 10.1. The summed E-state index contributed by atoms with van der Waals surface area (Å²) in [7, 11) is 0. The summed E-state index contributed by atoms with van der Waals surface area (Å²) in [5, 5.41) is 8.70. The van der Waals surface area contributed by atoms with Crippen molar-refractivity contribution in [3.63, 3.8) is 0 Å². The lowest BCUT2D eigenvalue weighted by molar-refractivity contribution is -0.132. The zero-order valence-electron chi connectivity index (χ0n) is 19.1. The topological polar surface area (TPSA) is 46.5 Å². The molecular weight excluding hydrogens is 405 g/mol. The maximum atomic E-state index is 13.0. The number of hydrogen-bond acceptors (Lipinski definition) is 2. The SMILES string of the molecule is CCCCOc1c(C(C)=CC=CC(=CC(=O)O)C(F)(F)F)cc(C(C)C)cc1C(C)C. The Labute approximate surface area is 183 Å². The minimum absolute atomic E-state index is 0.162. The summed E-state index contributed by atoms with van der Waals surface area (Å²) >= 11 is 0. The van der Waals surface area contributed by atoms with Gasteiger partial charge in [-0.1, -0.05) is 59.3 Å². The summed E-state index contributed by atoms with van der Waals surface area (Å²) in [5.74, 6) is -0.394. The summed E-state index contributed by atoms with van der Waals surface area (Å²) in [6.45, 7) is 12.8. The predicted molar refractivity (Wildman–Crippen MR) is 120 cm³/mol. The molecule has 0 atom stereocenters. The number of rotatable bonds is 10. The van der Waals surface area contributed by atoms with Gasteiger partial charge in [-0.2, -0.15) is 13.2 Å². The highest BCUT2D eigenvalue weighted by molar-refractivity contribution is 5.81. The van der Waals surface area contributed by atoms with Gasteiger partial charge in [0.25, 0.3) is 0 Å². The number of halogens is 3. The van der Waals surface area contributed by atoms with Gasteiger partial charge in [0, 0.05) is 11.6 Å². The van der Waals surface area contributed by atoms with Crippen molar-refractivity contribution in [2.45, 2.75) is 72.4 Å². The molecule has 172 valence electrons. The van der Waals surface area contributed by atoms with E-state index in [-0.39, 0.29) is 17.9 Å². The Morgan fingerprint density at radius 1 is 1.16 bits per heavy atom. The first-order valence-corrected chi connectivity index (χ1v) is 10.6. The number of unbranched alkanes of at least 4 members (excludes halogenated alkanes) is 1. The van der Waals surface area contributed by atoms with E-state index in [2.05, 4.69) is 40.7 Å². The Bertz CT molecular complexity index is 844.